The molecule has 0 aliphatic carbocycles. The van der Waals surface area contributed by atoms with Crippen LogP contribution in [0.1, 0.15) is 11.5 Å². The second-order valence-electron chi connectivity index (χ2n) is 4.48. The van der Waals surface area contributed by atoms with Gasteiger partial charge in [0.05, 0.1) is 12.5 Å². The van der Waals surface area contributed by atoms with Crippen molar-refractivity contribution in [1.29, 1.82) is 5.41 Å². The van der Waals surface area contributed by atoms with Crippen LogP contribution in [0, 0.1) is 5.41 Å². The molecule has 0 saturated carbocycles. The fourth-order valence-corrected chi connectivity index (χ4v) is 3.94. The first-order chi connectivity index (χ1) is 8.81. The van der Waals surface area contributed by atoms with E-state index in [2.05, 4.69) is 0 Å². The van der Waals surface area contributed by atoms with Gasteiger partial charge in [-0.2, -0.15) is 0 Å². The molecule has 0 bridgehead atoms. The smallest absolute Gasteiger partial charge is 0.249 e. The highest BCUT2D eigenvalue weighted by Crippen LogP contribution is 2.41. The maximum absolute atomic E-state index is 12.1. The van der Waals surface area contributed by atoms with E-state index < -0.39 is 32.3 Å². The third-order valence-electron chi connectivity index (χ3n) is 3.38. The average molecular weight is 282 g/mol. The number of primary amides is 1. The van der Waals surface area contributed by atoms with Gasteiger partial charge in [-0.1, -0.05) is 30.3 Å². The molecule has 0 aromatic heterocycles. The number of amides is 1. The van der Waals surface area contributed by atoms with Gasteiger partial charge >= 0.3 is 0 Å². The molecule has 1 aromatic carbocycles. The first-order valence-corrected chi connectivity index (χ1v) is 7.47. The monoisotopic (exact) mass is 282 g/mol. The number of nitrogens with two attached hydrogens (primary N) is 1. The summed E-state index contributed by atoms with van der Waals surface area (Å²) in [5, 5.41) is 7.72. The number of rotatable bonds is 3. The lowest BCUT2D eigenvalue weighted by molar-refractivity contribution is -0.119. The van der Waals surface area contributed by atoms with E-state index in [1.165, 1.54) is 0 Å². The zero-order valence-electron chi connectivity index (χ0n) is 10.3. The summed E-state index contributed by atoms with van der Waals surface area (Å²) in [6.07, 6.45) is 0.900. The summed E-state index contributed by atoms with van der Waals surface area (Å²) in [6, 6.07) is 8.61. The lowest BCUT2D eigenvalue weighted by Crippen LogP contribution is -2.56. The molecule has 1 saturated heterocycles. The standard InChI is InChI=1S/C12H14N2O4S/c1-19(16,17)12(10(13)15)9(7-18-11(12)14)8-5-3-2-4-6-8/h2-6,9,14H,7H2,1H3,(H2,13,15). The number of nitrogens with one attached hydrogen (secondary N) is 1. The van der Waals surface area contributed by atoms with Crippen molar-refractivity contribution in [2.75, 3.05) is 12.9 Å². The van der Waals surface area contributed by atoms with Crippen molar-refractivity contribution in [1.82, 2.24) is 0 Å². The number of sulfone groups is 1. The van der Waals surface area contributed by atoms with Crippen LogP contribution in [0.15, 0.2) is 30.3 Å². The van der Waals surface area contributed by atoms with Gasteiger partial charge < -0.3 is 10.5 Å². The van der Waals surface area contributed by atoms with Crippen molar-refractivity contribution in [3.05, 3.63) is 35.9 Å². The molecule has 1 aliphatic rings. The largest absolute Gasteiger partial charge is 0.479 e. The molecule has 1 aromatic rings. The maximum atomic E-state index is 12.1. The molecule has 0 spiro atoms. The molecular weight excluding hydrogens is 268 g/mol. The lowest BCUT2D eigenvalue weighted by atomic mass is 9.87. The van der Waals surface area contributed by atoms with E-state index >= 15 is 0 Å². The summed E-state index contributed by atoms with van der Waals surface area (Å²) in [7, 11) is -3.93. The van der Waals surface area contributed by atoms with Gasteiger partial charge in [-0.3, -0.25) is 10.2 Å². The number of carbonyl (C=O) groups excluding carboxylic acids is 1. The quantitative estimate of drug-likeness (QED) is 0.815. The van der Waals surface area contributed by atoms with Crippen molar-refractivity contribution in [3.63, 3.8) is 0 Å². The first-order valence-electron chi connectivity index (χ1n) is 5.58. The third-order valence-corrected chi connectivity index (χ3v) is 5.22. The van der Waals surface area contributed by atoms with Gasteiger partial charge in [-0.05, 0) is 5.56 Å². The predicted molar refractivity (Wildman–Crippen MR) is 69.6 cm³/mol. The van der Waals surface area contributed by atoms with E-state index in [0.717, 1.165) is 6.26 Å². The molecule has 6 nitrogen and oxygen atoms in total. The Morgan fingerprint density at radius 1 is 1.42 bits per heavy atom. The van der Waals surface area contributed by atoms with Crippen LogP contribution in [0.3, 0.4) is 0 Å². The van der Waals surface area contributed by atoms with E-state index in [4.69, 9.17) is 15.9 Å². The molecule has 2 unspecified atom stereocenters. The molecule has 19 heavy (non-hydrogen) atoms. The van der Waals surface area contributed by atoms with Gasteiger partial charge in [-0.25, -0.2) is 8.42 Å². The minimum atomic E-state index is -3.93. The summed E-state index contributed by atoms with van der Waals surface area (Å²) in [5.41, 5.74) is 5.90. The molecule has 2 rings (SSSR count). The Bertz CT molecular complexity index is 626. The Kier molecular flexibility index (Phi) is 3.09. The van der Waals surface area contributed by atoms with Crippen molar-refractivity contribution in [3.8, 4) is 0 Å². The Morgan fingerprint density at radius 3 is 2.47 bits per heavy atom. The average Bonchev–Trinajstić information content (AvgIpc) is 2.68. The third kappa shape index (κ3) is 1.81. The summed E-state index contributed by atoms with van der Waals surface area (Å²) >= 11 is 0. The fourth-order valence-electron chi connectivity index (χ4n) is 2.46. The molecule has 1 aliphatic heterocycles. The number of hydrogen-bond acceptors (Lipinski definition) is 5. The van der Waals surface area contributed by atoms with Crippen LogP contribution in [0.25, 0.3) is 0 Å². The van der Waals surface area contributed by atoms with Crippen LogP contribution in [-0.2, 0) is 19.4 Å². The molecule has 2 atom stereocenters. The maximum Gasteiger partial charge on any atom is 0.249 e. The summed E-state index contributed by atoms with van der Waals surface area (Å²) < 4.78 is 27.0. The second-order valence-corrected chi connectivity index (χ2v) is 6.66. The van der Waals surface area contributed by atoms with Gasteiger partial charge in [0.15, 0.2) is 9.84 Å². The van der Waals surface area contributed by atoms with E-state index in [9.17, 15) is 13.2 Å². The zero-order valence-corrected chi connectivity index (χ0v) is 11.1. The fraction of sp³-hybridized carbons (Fsp3) is 0.333. The van der Waals surface area contributed by atoms with Crippen LogP contribution >= 0.6 is 0 Å². The Labute approximate surface area is 111 Å². The lowest BCUT2D eigenvalue weighted by Gasteiger charge is -2.27. The number of carbonyl (C=O) groups is 1. The van der Waals surface area contributed by atoms with E-state index in [1.807, 2.05) is 0 Å². The molecule has 1 heterocycles. The van der Waals surface area contributed by atoms with Crippen LogP contribution in [0.4, 0.5) is 0 Å². The number of ether oxygens (including phenoxy) is 1. The van der Waals surface area contributed by atoms with Crippen LogP contribution in [0.2, 0.25) is 0 Å². The van der Waals surface area contributed by atoms with Gasteiger partial charge in [0.25, 0.3) is 0 Å². The predicted octanol–water partition coefficient (Wildman–Crippen LogP) is 0.0464. The van der Waals surface area contributed by atoms with Gasteiger partial charge in [0.1, 0.15) is 0 Å². The SMILES string of the molecule is CS(=O)(=O)C1(C(N)=O)C(=N)OCC1c1ccccc1. The van der Waals surface area contributed by atoms with Crippen molar-refractivity contribution in [2.24, 2.45) is 5.73 Å². The van der Waals surface area contributed by atoms with E-state index in [0.29, 0.717) is 5.56 Å². The second kappa shape index (κ2) is 4.34. The highest BCUT2D eigenvalue weighted by molar-refractivity contribution is 7.93. The van der Waals surface area contributed by atoms with E-state index in [-0.39, 0.29) is 6.61 Å². The van der Waals surface area contributed by atoms with Crippen LogP contribution < -0.4 is 5.73 Å². The van der Waals surface area contributed by atoms with Gasteiger partial charge in [-0.15, -0.1) is 0 Å². The minimum Gasteiger partial charge on any atom is -0.479 e. The Hall–Kier alpha value is -1.89. The van der Waals surface area contributed by atoms with Gasteiger partial charge in [0.2, 0.25) is 16.6 Å². The zero-order chi connectivity index (χ0) is 14.3. The first kappa shape index (κ1) is 13.5. The molecular formula is C12H14N2O4S. The molecule has 0 radical (unpaired) electrons. The highest BCUT2D eigenvalue weighted by Gasteiger charge is 2.62. The topological polar surface area (TPSA) is 110 Å². The van der Waals surface area contributed by atoms with Crippen molar-refractivity contribution < 1.29 is 17.9 Å². The van der Waals surface area contributed by atoms with Crippen molar-refractivity contribution in [2.45, 2.75) is 10.7 Å². The summed E-state index contributed by atoms with van der Waals surface area (Å²) in [6.45, 7) is -0.0567. The van der Waals surface area contributed by atoms with Crippen LogP contribution in [-0.4, -0.2) is 37.8 Å². The minimum absolute atomic E-state index is 0.0567. The molecule has 102 valence electrons. The van der Waals surface area contributed by atoms with E-state index in [1.54, 1.807) is 30.3 Å². The summed E-state index contributed by atoms with van der Waals surface area (Å²) in [4.78, 5) is 11.8. The normalized spacial score (nSPS) is 27.0. The Balaban J connectivity index is 2.68. The number of hydrogen-bond donors (Lipinski definition) is 2. The van der Waals surface area contributed by atoms with Gasteiger partial charge in [0, 0.05) is 6.26 Å². The van der Waals surface area contributed by atoms with Crippen molar-refractivity contribution >= 4 is 21.6 Å². The molecule has 1 fully saturated rings. The molecule has 3 N–H and O–H groups in total. The molecule has 1 amide bonds. The highest BCUT2D eigenvalue weighted by atomic mass is 32.2. The Morgan fingerprint density at radius 2 is 2.00 bits per heavy atom. The molecule has 7 heteroatoms. The summed E-state index contributed by atoms with van der Waals surface area (Å²) in [5.74, 6) is -2.48. The van der Waals surface area contributed by atoms with Crippen LogP contribution in [0.5, 0.6) is 0 Å². The number of benzene rings is 1.